The highest BCUT2D eigenvalue weighted by molar-refractivity contribution is 9.10. The van der Waals surface area contributed by atoms with Crippen LogP contribution in [0.3, 0.4) is 0 Å². The van der Waals surface area contributed by atoms with Crippen LogP contribution in [0.1, 0.15) is 5.56 Å². The Morgan fingerprint density at radius 2 is 2.11 bits per heavy atom. The second kappa shape index (κ2) is 4.75. The summed E-state index contributed by atoms with van der Waals surface area (Å²) in [5.41, 5.74) is 2.28. The van der Waals surface area contributed by atoms with Crippen molar-refractivity contribution in [1.29, 1.82) is 0 Å². The minimum absolute atomic E-state index is 0.705. The van der Waals surface area contributed by atoms with E-state index in [2.05, 4.69) is 49.9 Å². The fourth-order valence-corrected chi connectivity index (χ4v) is 2.58. The third-order valence-corrected chi connectivity index (χ3v) is 3.76. The van der Waals surface area contributed by atoms with E-state index in [0.717, 1.165) is 16.6 Å². The molecule has 0 unspecified atom stereocenters. The summed E-state index contributed by atoms with van der Waals surface area (Å²) in [6.07, 6.45) is 5.52. The van der Waals surface area contributed by atoms with Crippen LogP contribution in [0.15, 0.2) is 53.4 Å². The number of nitrogens with zero attached hydrogens (tertiary/aromatic N) is 2. The number of hydrogen-bond acceptors (Lipinski definition) is 1. The van der Waals surface area contributed by atoms with Gasteiger partial charge in [-0.05, 0) is 35.9 Å². The van der Waals surface area contributed by atoms with Crippen LogP contribution in [0.2, 0.25) is 5.02 Å². The predicted molar refractivity (Wildman–Crippen MR) is 78.0 cm³/mol. The normalized spacial score (nSPS) is 11.0. The van der Waals surface area contributed by atoms with Gasteiger partial charge in [0.15, 0.2) is 0 Å². The van der Waals surface area contributed by atoms with Gasteiger partial charge in [0.2, 0.25) is 0 Å². The summed E-state index contributed by atoms with van der Waals surface area (Å²) in [7, 11) is 0. The summed E-state index contributed by atoms with van der Waals surface area (Å²) < 4.78 is 3.28. The van der Waals surface area contributed by atoms with Crippen molar-refractivity contribution in [2.45, 2.75) is 6.54 Å². The summed E-state index contributed by atoms with van der Waals surface area (Å²) in [5.74, 6) is 0. The van der Waals surface area contributed by atoms with Crippen molar-refractivity contribution in [2.24, 2.45) is 0 Å². The van der Waals surface area contributed by atoms with Crippen molar-refractivity contribution in [3.8, 4) is 0 Å². The Hall–Kier alpha value is -1.32. The van der Waals surface area contributed by atoms with E-state index in [1.54, 1.807) is 12.4 Å². The molecule has 4 heteroatoms. The largest absolute Gasteiger partial charge is 0.343 e. The highest BCUT2D eigenvalue weighted by Gasteiger charge is 2.04. The molecule has 0 spiro atoms. The van der Waals surface area contributed by atoms with Crippen LogP contribution in [0.5, 0.6) is 0 Å². The molecule has 0 radical (unpaired) electrons. The van der Waals surface area contributed by atoms with Gasteiger partial charge in [0.25, 0.3) is 0 Å². The van der Waals surface area contributed by atoms with Crippen molar-refractivity contribution >= 4 is 38.4 Å². The molecule has 90 valence electrons. The fourth-order valence-electron chi connectivity index (χ4n) is 2.02. The summed E-state index contributed by atoms with van der Waals surface area (Å²) >= 11 is 9.62. The SMILES string of the molecule is Clc1cnccc1Cn1ccc2cc(Br)ccc21. The number of halogens is 2. The summed E-state index contributed by atoms with van der Waals surface area (Å²) in [5, 5.41) is 1.92. The van der Waals surface area contributed by atoms with Gasteiger partial charge in [-0.3, -0.25) is 4.98 Å². The highest BCUT2D eigenvalue weighted by Crippen LogP contribution is 2.23. The Morgan fingerprint density at radius 1 is 1.22 bits per heavy atom. The Kier molecular flexibility index (Phi) is 3.10. The average molecular weight is 322 g/mol. The van der Waals surface area contributed by atoms with E-state index in [1.165, 1.54) is 10.9 Å². The molecule has 0 N–H and O–H groups in total. The summed E-state index contributed by atoms with van der Waals surface area (Å²) in [4.78, 5) is 4.00. The number of benzene rings is 1. The maximum Gasteiger partial charge on any atom is 0.0639 e. The van der Waals surface area contributed by atoms with Gasteiger partial charge < -0.3 is 4.57 Å². The Bertz CT molecular complexity index is 706. The van der Waals surface area contributed by atoms with Gasteiger partial charge in [-0.1, -0.05) is 27.5 Å². The first-order valence-corrected chi connectivity index (χ1v) is 6.74. The predicted octanol–water partition coefficient (Wildman–Crippen LogP) is 4.50. The number of hydrogen-bond donors (Lipinski definition) is 0. The molecule has 0 atom stereocenters. The maximum absolute atomic E-state index is 6.13. The third kappa shape index (κ3) is 2.16. The first-order chi connectivity index (χ1) is 8.74. The highest BCUT2D eigenvalue weighted by atomic mass is 79.9. The lowest BCUT2D eigenvalue weighted by molar-refractivity contribution is 0.835. The quantitative estimate of drug-likeness (QED) is 0.679. The number of fused-ring (bicyclic) bond motifs is 1. The average Bonchev–Trinajstić information content (AvgIpc) is 2.74. The summed E-state index contributed by atoms with van der Waals surface area (Å²) in [6.45, 7) is 0.756. The van der Waals surface area contributed by atoms with Crippen molar-refractivity contribution in [3.63, 3.8) is 0 Å². The Morgan fingerprint density at radius 3 is 2.94 bits per heavy atom. The maximum atomic E-state index is 6.13. The molecule has 0 aliphatic heterocycles. The van der Waals surface area contributed by atoms with Crippen molar-refractivity contribution in [1.82, 2.24) is 9.55 Å². The first-order valence-electron chi connectivity index (χ1n) is 5.57. The van der Waals surface area contributed by atoms with Crippen molar-refractivity contribution < 1.29 is 0 Å². The number of aromatic nitrogens is 2. The topological polar surface area (TPSA) is 17.8 Å². The molecular formula is C14H10BrClN2. The molecule has 0 fully saturated rings. The molecule has 1 aromatic carbocycles. The molecule has 3 rings (SSSR count). The van der Waals surface area contributed by atoms with Crippen LogP contribution in [-0.4, -0.2) is 9.55 Å². The van der Waals surface area contributed by atoms with E-state index < -0.39 is 0 Å². The molecule has 0 saturated heterocycles. The van der Waals surface area contributed by atoms with Crippen LogP contribution in [0.25, 0.3) is 10.9 Å². The molecule has 2 heterocycles. The van der Waals surface area contributed by atoms with Gasteiger partial charge in [-0.2, -0.15) is 0 Å². The summed E-state index contributed by atoms with van der Waals surface area (Å²) in [6, 6.07) is 10.3. The molecule has 0 saturated carbocycles. The van der Waals surface area contributed by atoms with E-state index >= 15 is 0 Å². The van der Waals surface area contributed by atoms with E-state index in [0.29, 0.717) is 5.02 Å². The molecular weight excluding hydrogens is 312 g/mol. The zero-order valence-corrected chi connectivity index (χ0v) is 11.8. The molecule has 18 heavy (non-hydrogen) atoms. The van der Waals surface area contributed by atoms with Gasteiger partial charge in [0.1, 0.15) is 0 Å². The van der Waals surface area contributed by atoms with Gasteiger partial charge in [-0.15, -0.1) is 0 Å². The van der Waals surface area contributed by atoms with Crippen molar-refractivity contribution in [2.75, 3.05) is 0 Å². The minimum Gasteiger partial charge on any atom is -0.343 e. The first kappa shape index (κ1) is 11.8. The van der Waals surface area contributed by atoms with Gasteiger partial charge in [0.05, 0.1) is 5.02 Å². The number of rotatable bonds is 2. The minimum atomic E-state index is 0.705. The molecule has 2 aromatic heterocycles. The van der Waals surface area contributed by atoms with E-state index in [4.69, 9.17) is 11.6 Å². The second-order valence-corrected chi connectivity index (χ2v) is 5.44. The Labute approximate surface area is 118 Å². The smallest absolute Gasteiger partial charge is 0.0639 e. The standard InChI is InChI=1S/C14H10BrClN2/c15-12-1-2-14-10(7-12)4-6-18(14)9-11-3-5-17-8-13(11)16/h1-8H,9H2. The van der Waals surface area contributed by atoms with E-state index in [1.807, 2.05) is 12.1 Å². The molecule has 0 bridgehead atoms. The van der Waals surface area contributed by atoms with Gasteiger partial charge >= 0.3 is 0 Å². The van der Waals surface area contributed by atoms with Crippen molar-refractivity contribution in [3.05, 3.63) is 64.0 Å². The zero-order valence-electron chi connectivity index (χ0n) is 9.48. The van der Waals surface area contributed by atoms with Crippen LogP contribution in [-0.2, 0) is 6.54 Å². The Balaban J connectivity index is 2.03. The van der Waals surface area contributed by atoms with Crippen LogP contribution >= 0.6 is 27.5 Å². The second-order valence-electron chi connectivity index (χ2n) is 4.11. The molecule has 2 nitrogen and oxygen atoms in total. The lowest BCUT2D eigenvalue weighted by Crippen LogP contribution is -1.98. The van der Waals surface area contributed by atoms with E-state index in [-0.39, 0.29) is 0 Å². The monoisotopic (exact) mass is 320 g/mol. The molecule has 0 aliphatic carbocycles. The van der Waals surface area contributed by atoms with E-state index in [9.17, 15) is 0 Å². The van der Waals surface area contributed by atoms with Crippen LogP contribution < -0.4 is 0 Å². The molecule has 0 aliphatic rings. The van der Waals surface area contributed by atoms with Crippen LogP contribution in [0.4, 0.5) is 0 Å². The fraction of sp³-hybridized carbons (Fsp3) is 0.0714. The van der Waals surface area contributed by atoms with Crippen LogP contribution in [0, 0.1) is 0 Å². The zero-order chi connectivity index (χ0) is 12.5. The number of pyridine rings is 1. The molecule has 3 aromatic rings. The third-order valence-electron chi connectivity index (χ3n) is 2.93. The lowest BCUT2D eigenvalue weighted by atomic mass is 10.2. The molecule has 0 amide bonds. The van der Waals surface area contributed by atoms with Gasteiger partial charge in [0, 0.05) is 40.5 Å². The lowest BCUT2D eigenvalue weighted by Gasteiger charge is -2.07. The van der Waals surface area contributed by atoms with Gasteiger partial charge in [-0.25, -0.2) is 0 Å².